The van der Waals surface area contributed by atoms with E-state index in [1.54, 1.807) is 0 Å². The van der Waals surface area contributed by atoms with Crippen LogP contribution in [-0.2, 0) is 0 Å². The van der Waals surface area contributed by atoms with E-state index in [2.05, 4.69) is 33.6 Å². The molecule has 0 aliphatic rings. The highest BCUT2D eigenvalue weighted by Crippen LogP contribution is 2.22. The summed E-state index contributed by atoms with van der Waals surface area (Å²) in [4.78, 5) is 4.39. The Hall–Kier alpha value is -0.840. The van der Waals surface area contributed by atoms with E-state index < -0.39 is 0 Å². The van der Waals surface area contributed by atoms with Crippen LogP contribution in [0.3, 0.4) is 0 Å². The maximum atomic E-state index is 5.88. The van der Waals surface area contributed by atoms with Crippen molar-refractivity contribution in [3.63, 3.8) is 0 Å². The summed E-state index contributed by atoms with van der Waals surface area (Å²) >= 11 is 2.27. The van der Waals surface area contributed by atoms with E-state index in [0.717, 1.165) is 22.3 Å². The Kier molecular flexibility index (Phi) is 2.11. The number of hydrogen-bond acceptors (Lipinski definition) is 2. The molecule has 0 radical (unpaired) electrons. The predicted molar refractivity (Wildman–Crippen MR) is 63.6 cm³/mol. The van der Waals surface area contributed by atoms with Gasteiger partial charge in [0.2, 0.25) is 0 Å². The molecule has 66 valence electrons. The third-order valence-corrected chi connectivity index (χ3v) is 2.60. The maximum absolute atomic E-state index is 5.88. The lowest BCUT2D eigenvalue weighted by molar-refractivity contribution is 1.26. The van der Waals surface area contributed by atoms with Gasteiger partial charge in [0.15, 0.2) is 0 Å². The number of anilines is 1. The predicted octanol–water partition coefficient (Wildman–Crippen LogP) is 2.73. The van der Waals surface area contributed by atoms with Crippen molar-refractivity contribution < 1.29 is 0 Å². The Morgan fingerprint density at radius 3 is 2.85 bits per heavy atom. The number of nitrogens with two attached hydrogens (primary N) is 1. The van der Waals surface area contributed by atoms with Crippen molar-refractivity contribution in [3.05, 3.63) is 33.5 Å². The van der Waals surface area contributed by atoms with Gasteiger partial charge in [-0.2, -0.15) is 0 Å². The number of pyridine rings is 1. The molecule has 13 heavy (non-hydrogen) atoms. The minimum Gasteiger partial charge on any atom is -0.398 e. The molecule has 0 bridgehead atoms. The molecule has 2 nitrogen and oxygen atoms in total. The Morgan fingerprint density at radius 2 is 2.08 bits per heavy atom. The Balaban J connectivity index is 2.87. The fraction of sp³-hybridized carbons (Fsp3) is 0.100. The molecular formula is C10H9IN2. The number of aromatic nitrogens is 1. The summed E-state index contributed by atoms with van der Waals surface area (Å²) in [6.45, 7) is 1.95. The Bertz CT molecular complexity index is 466. The highest BCUT2D eigenvalue weighted by atomic mass is 127. The molecule has 1 aromatic carbocycles. The van der Waals surface area contributed by atoms with Crippen LogP contribution in [0.4, 0.5) is 5.69 Å². The number of aryl methyl sites for hydroxylation is 1. The molecule has 0 unspecified atom stereocenters. The number of fused-ring (bicyclic) bond motifs is 1. The molecule has 0 amide bonds. The second-order valence-electron chi connectivity index (χ2n) is 3.01. The molecule has 0 spiro atoms. The molecule has 1 heterocycles. The first-order chi connectivity index (χ1) is 6.16. The molecule has 2 N–H and O–H groups in total. The lowest BCUT2D eigenvalue weighted by Crippen LogP contribution is -1.92. The number of rotatable bonds is 0. The van der Waals surface area contributed by atoms with Crippen LogP contribution in [0.15, 0.2) is 24.3 Å². The van der Waals surface area contributed by atoms with Gasteiger partial charge in [0.25, 0.3) is 0 Å². The molecule has 0 saturated carbocycles. The summed E-state index contributed by atoms with van der Waals surface area (Å²) in [5.74, 6) is 0. The first-order valence-corrected chi connectivity index (χ1v) is 5.07. The number of benzene rings is 1. The van der Waals surface area contributed by atoms with Crippen molar-refractivity contribution in [2.45, 2.75) is 6.92 Å². The number of hydrogen-bond donors (Lipinski definition) is 1. The van der Waals surface area contributed by atoms with Crippen molar-refractivity contribution >= 4 is 39.2 Å². The normalized spacial score (nSPS) is 10.6. The van der Waals surface area contributed by atoms with Gasteiger partial charge >= 0.3 is 0 Å². The highest BCUT2D eigenvalue weighted by Gasteiger charge is 2.00. The van der Waals surface area contributed by atoms with Gasteiger partial charge in [0.05, 0.1) is 5.52 Å². The van der Waals surface area contributed by atoms with Gasteiger partial charge in [-0.1, -0.05) is 0 Å². The number of nitrogen functional groups attached to an aromatic ring is 1. The molecule has 1 aromatic heterocycles. The average molecular weight is 284 g/mol. The third-order valence-electron chi connectivity index (χ3n) is 1.93. The zero-order valence-electron chi connectivity index (χ0n) is 7.21. The fourth-order valence-corrected chi connectivity index (χ4v) is 1.85. The van der Waals surface area contributed by atoms with Crippen LogP contribution in [0.2, 0.25) is 0 Å². The van der Waals surface area contributed by atoms with Crippen LogP contribution in [0.1, 0.15) is 5.69 Å². The van der Waals surface area contributed by atoms with Crippen molar-refractivity contribution in [3.8, 4) is 0 Å². The minimum atomic E-state index is 0.806. The first kappa shape index (κ1) is 8.74. The van der Waals surface area contributed by atoms with Crippen LogP contribution >= 0.6 is 22.6 Å². The molecule has 0 aliphatic heterocycles. The van der Waals surface area contributed by atoms with E-state index in [9.17, 15) is 0 Å². The lowest BCUT2D eigenvalue weighted by atomic mass is 10.2. The fourth-order valence-electron chi connectivity index (χ4n) is 1.36. The molecule has 0 aliphatic carbocycles. The zero-order chi connectivity index (χ0) is 9.42. The van der Waals surface area contributed by atoms with Crippen molar-refractivity contribution in [1.82, 2.24) is 4.98 Å². The van der Waals surface area contributed by atoms with E-state index in [1.807, 2.05) is 25.1 Å². The van der Waals surface area contributed by atoms with Crippen LogP contribution < -0.4 is 5.73 Å². The maximum Gasteiger partial charge on any atom is 0.0726 e. The van der Waals surface area contributed by atoms with Gasteiger partial charge < -0.3 is 5.73 Å². The molecular weight excluding hydrogens is 275 g/mol. The first-order valence-electron chi connectivity index (χ1n) is 3.99. The highest BCUT2D eigenvalue weighted by molar-refractivity contribution is 14.1. The molecule has 2 rings (SSSR count). The average Bonchev–Trinajstić information content (AvgIpc) is 2.06. The Morgan fingerprint density at radius 1 is 1.31 bits per heavy atom. The molecule has 3 heteroatoms. The molecule has 0 atom stereocenters. The number of nitrogens with zero attached hydrogens (tertiary/aromatic N) is 1. The monoisotopic (exact) mass is 284 g/mol. The summed E-state index contributed by atoms with van der Waals surface area (Å²) in [7, 11) is 0. The van der Waals surface area contributed by atoms with Gasteiger partial charge in [0.1, 0.15) is 0 Å². The largest absolute Gasteiger partial charge is 0.398 e. The van der Waals surface area contributed by atoms with E-state index in [-0.39, 0.29) is 0 Å². The van der Waals surface area contributed by atoms with Crippen LogP contribution in [0.25, 0.3) is 10.9 Å². The second-order valence-corrected chi connectivity index (χ2v) is 4.26. The van der Waals surface area contributed by atoms with Crippen molar-refractivity contribution in [2.24, 2.45) is 0 Å². The van der Waals surface area contributed by atoms with E-state index >= 15 is 0 Å². The van der Waals surface area contributed by atoms with Gasteiger partial charge in [-0.05, 0) is 53.8 Å². The quantitative estimate of drug-likeness (QED) is 0.755. The SMILES string of the molecule is Cc1cc(N)c2cc(I)ccc2n1. The molecule has 0 fully saturated rings. The van der Waals surface area contributed by atoms with Crippen molar-refractivity contribution in [1.29, 1.82) is 0 Å². The van der Waals surface area contributed by atoms with Crippen LogP contribution in [0, 0.1) is 10.5 Å². The summed E-state index contributed by atoms with van der Waals surface area (Å²) < 4.78 is 1.18. The third kappa shape index (κ3) is 1.60. The summed E-state index contributed by atoms with van der Waals surface area (Å²) in [5.41, 5.74) is 8.62. The zero-order valence-corrected chi connectivity index (χ0v) is 9.37. The second kappa shape index (κ2) is 3.14. The standard InChI is InChI=1S/C10H9IN2/c1-6-4-9(12)8-5-7(11)2-3-10(8)13-6/h2-5H,1H3,(H2,12,13). The number of halogens is 1. The molecule has 0 saturated heterocycles. The summed E-state index contributed by atoms with van der Waals surface area (Å²) in [5, 5.41) is 1.04. The van der Waals surface area contributed by atoms with Crippen LogP contribution in [-0.4, -0.2) is 4.98 Å². The Labute approximate surface area is 90.3 Å². The van der Waals surface area contributed by atoms with E-state index in [1.165, 1.54) is 3.57 Å². The summed E-state index contributed by atoms with van der Waals surface area (Å²) in [6.07, 6.45) is 0. The van der Waals surface area contributed by atoms with Crippen LogP contribution in [0.5, 0.6) is 0 Å². The lowest BCUT2D eigenvalue weighted by Gasteiger charge is -2.03. The van der Waals surface area contributed by atoms with Gasteiger partial charge in [0, 0.05) is 20.3 Å². The van der Waals surface area contributed by atoms with Gasteiger partial charge in [-0.15, -0.1) is 0 Å². The van der Waals surface area contributed by atoms with E-state index in [0.29, 0.717) is 0 Å². The topological polar surface area (TPSA) is 38.9 Å². The van der Waals surface area contributed by atoms with E-state index in [4.69, 9.17) is 5.73 Å². The minimum absolute atomic E-state index is 0.806. The van der Waals surface area contributed by atoms with Crippen molar-refractivity contribution in [2.75, 3.05) is 5.73 Å². The summed E-state index contributed by atoms with van der Waals surface area (Å²) in [6, 6.07) is 7.99. The molecule has 2 aromatic rings. The smallest absolute Gasteiger partial charge is 0.0726 e. The van der Waals surface area contributed by atoms with Gasteiger partial charge in [-0.25, -0.2) is 0 Å². The van der Waals surface area contributed by atoms with Gasteiger partial charge in [-0.3, -0.25) is 4.98 Å².